The number of aromatic nitrogens is 3. The molecule has 254 valence electrons. The number of para-hydroxylation sites is 2. The average Bonchev–Trinajstić information content (AvgIpc) is 3.77. The molecular weight excluding hydrogens is 659 g/mol. The second-order valence-electron chi connectivity index (χ2n) is 14.2. The zero-order valence-electron chi connectivity index (χ0n) is 29.8. The van der Waals surface area contributed by atoms with Crippen molar-refractivity contribution in [2.45, 2.75) is 13.8 Å². The molecule has 0 N–H and O–H groups in total. The van der Waals surface area contributed by atoms with Crippen LogP contribution in [-0.4, -0.2) is 14.5 Å². The van der Waals surface area contributed by atoms with Gasteiger partial charge < -0.3 is 4.42 Å². The second-order valence-corrected chi connectivity index (χ2v) is 14.2. The van der Waals surface area contributed by atoms with Gasteiger partial charge in [0.25, 0.3) is 0 Å². The highest BCUT2D eigenvalue weighted by Crippen LogP contribution is 2.46. The summed E-state index contributed by atoms with van der Waals surface area (Å²) in [6.07, 6.45) is 0. The summed E-state index contributed by atoms with van der Waals surface area (Å²) < 4.78 is 8.93. The Morgan fingerprint density at radius 1 is 0.463 bits per heavy atom. The van der Waals surface area contributed by atoms with Crippen molar-refractivity contribution >= 4 is 65.4 Å². The van der Waals surface area contributed by atoms with Crippen molar-refractivity contribution in [2.75, 3.05) is 0 Å². The van der Waals surface area contributed by atoms with Gasteiger partial charge in [-0.15, -0.1) is 0 Å². The van der Waals surface area contributed by atoms with E-state index in [4.69, 9.17) is 14.4 Å². The standard InChI is InChI=1S/C50H33N3O/c1-30-16-6-7-19-33(30)44-31(2)34-20-8-11-23-38(34)45-40-24-12-14-26-42(40)53(48(44)45)50-51-47(46-41-25-13-15-27-43(41)54-49(46)52-50)39-29-28-35(32-17-4-3-5-18-32)36-21-9-10-22-37(36)39/h3-29H,1-2H3. The van der Waals surface area contributed by atoms with Crippen LogP contribution in [0.25, 0.3) is 105 Å². The molecule has 3 aromatic heterocycles. The van der Waals surface area contributed by atoms with Gasteiger partial charge in [0.05, 0.1) is 22.1 Å². The Hall–Kier alpha value is -7.04. The lowest BCUT2D eigenvalue weighted by atomic mass is 9.89. The van der Waals surface area contributed by atoms with Crippen LogP contribution in [0.5, 0.6) is 0 Å². The van der Waals surface area contributed by atoms with Gasteiger partial charge >= 0.3 is 0 Å². The van der Waals surface area contributed by atoms with Gasteiger partial charge in [-0.25, -0.2) is 4.98 Å². The van der Waals surface area contributed by atoms with E-state index in [1.54, 1.807) is 0 Å². The number of furan rings is 1. The molecule has 0 atom stereocenters. The molecule has 0 unspecified atom stereocenters. The van der Waals surface area contributed by atoms with Gasteiger partial charge in [0, 0.05) is 27.3 Å². The summed E-state index contributed by atoms with van der Waals surface area (Å²) in [5.74, 6) is 0.573. The molecule has 4 nitrogen and oxygen atoms in total. The maximum Gasteiger partial charge on any atom is 0.238 e. The summed E-state index contributed by atoms with van der Waals surface area (Å²) in [7, 11) is 0. The van der Waals surface area contributed by atoms with E-state index in [1.807, 2.05) is 12.1 Å². The molecule has 0 amide bonds. The van der Waals surface area contributed by atoms with E-state index in [9.17, 15) is 0 Å². The average molecular weight is 692 g/mol. The van der Waals surface area contributed by atoms with Gasteiger partial charge in [-0.2, -0.15) is 4.98 Å². The quantitative estimate of drug-likeness (QED) is 0.184. The van der Waals surface area contributed by atoms with Crippen LogP contribution in [0, 0.1) is 13.8 Å². The number of benzene rings is 8. The minimum Gasteiger partial charge on any atom is -0.437 e. The minimum atomic E-state index is 0.563. The van der Waals surface area contributed by atoms with Crippen molar-refractivity contribution in [3.05, 3.63) is 175 Å². The third-order valence-corrected chi connectivity index (χ3v) is 11.2. The molecule has 0 bridgehead atoms. The fourth-order valence-corrected chi connectivity index (χ4v) is 8.76. The zero-order chi connectivity index (χ0) is 35.9. The molecule has 54 heavy (non-hydrogen) atoms. The van der Waals surface area contributed by atoms with Crippen LogP contribution in [0.4, 0.5) is 0 Å². The Morgan fingerprint density at radius 3 is 1.87 bits per heavy atom. The number of hydrogen-bond acceptors (Lipinski definition) is 3. The van der Waals surface area contributed by atoms with Gasteiger partial charge in [-0.1, -0.05) is 152 Å². The number of aryl methyl sites for hydroxylation is 2. The first-order chi connectivity index (χ1) is 26.7. The molecule has 0 saturated carbocycles. The monoisotopic (exact) mass is 691 g/mol. The van der Waals surface area contributed by atoms with Gasteiger partial charge in [0.2, 0.25) is 11.7 Å². The molecule has 0 saturated heterocycles. The van der Waals surface area contributed by atoms with Crippen LogP contribution in [0.1, 0.15) is 11.1 Å². The maximum atomic E-state index is 6.65. The van der Waals surface area contributed by atoms with Crippen molar-refractivity contribution in [1.29, 1.82) is 0 Å². The summed E-state index contributed by atoms with van der Waals surface area (Å²) in [6.45, 7) is 4.45. The Labute approximate surface area is 311 Å². The Balaban J connectivity index is 1.32. The highest BCUT2D eigenvalue weighted by Gasteiger charge is 2.26. The van der Waals surface area contributed by atoms with E-state index in [-0.39, 0.29) is 0 Å². The van der Waals surface area contributed by atoms with Crippen LogP contribution in [0.2, 0.25) is 0 Å². The van der Waals surface area contributed by atoms with E-state index >= 15 is 0 Å². The molecule has 0 radical (unpaired) electrons. The van der Waals surface area contributed by atoms with Crippen molar-refractivity contribution in [3.63, 3.8) is 0 Å². The number of nitrogens with zero attached hydrogens (tertiary/aromatic N) is 3. The fraction of sp³-hybridized carbons (Fsp3) is 0.0400. The normalized spacial score (nSPS) is 11.9. The van der Waals surface area contributed by atoms with Crippen molar-refractivity contribution < 1.29 is 4.42 Å². The van der Waals surface area contributed by atoms with Crippen molar-refractivity contribution in [1.82, 2.24) is 14.5 Å². The van der Waals surface area contributed by atoms with Crippen LogP contribution < -0.4 is 0 Å². The molecule has 11 rings (SSSR count). The Kier molecular flexibility index (Phi) is 6.65. The molecular formula is C50H33N3O. The maximum absolute atomic E-state index is 6.65. The minimum absolute atomic E-state index is 0.563. The molecule has 0 aliphatic rings. The van der Waals surface area contributed by atoms with Gasteiger partial charge in [0.1, 0.15) is 5.58 Å². The van der Waals surface area contributed by atoms with E-state index in [0.29, 0.717) is 11.7 Å². The van der Waals surface area contributed by atoms with Crippen LogP contribution in [0.15, 0.2) is 168 Å². The highest BCUT2D eigenvalue weighted by atomic mass is 16.3. The molecule has 8 aromatic carbocycles. The summed E-state index contributed by atoms with van der Waals surface area (Å²) >= 11 is 0. The molecule has 11 aromatic rings. The number of rotatable bonds is 4. The van der Waals surface area contributed by atoms with E-state index in [2.05, 4.69) is 170 Å². The molecule has 4 heteroatoms. The predicted octanol–water partition coefficient (Wildman–Crippen LogP) is 13.4. The smallest absolute Gasteiger partial charge is 0.238 e. The Morgan fingerprint density at radius 2 is 1.07 bits per heavy atom. The third kappa shape index (κ3) is 4.37. The lowest BCUT2D eigenvalue weighted by Crippen LogP contribution is -2.05. The third-order valence-electron chi connectivity index (χ3n) is 11.2. The first-order valence-electron chi connectivity index (χ1n) is 18.4. The Bertz CT molecular complexity index is 3300. The van der Waals surface area contributed by atoms with E-state index < -0.39 is 0 Å². The van der Waals surface area contributed by atoms with E-state index in [1.165, 1.54) is 54.9 Å². The molecule has 0 aliphatic carbocycles. The molecule has 0 spiro atoms. The first-order valence-corrected chi connectivity index (χ1v) is 18.4. The molecule has 3 heterocycles. The van der Waals surface area contributed by atoms with Crippen LogP contribution in [0.3, 0.4) is 0 Å². The van der Waals surface area contributed by atoms with Crippen LogP contribution in [-0.2, 0) is 0 Å². The van der Waals surface area contributed by atoms with E-state index in [0.717, 1.165) is 49.4 Å². The lowest BCUT2D eigenvalue weighted by molar-refractivity contribution is 0.651. The second kappa shape index (κ2) is 11.7. The van der Waals surface area contributed by atoms with Crippen molar-refractivity contribution in [2.24, 2.45) is 0 Å². The van der Waals surface area contributed by atoms with Crippen molar-refractivity contribution in [3.8, 4) is 39.5 Å². The van der Waals surface area contributed by atoms with Gasteiger partial charge in [-0.3, -0.25) is 4.57 Å². The predicted molar refractivity (Wildman–Crippen MR) is 224 cm³/mol. The fourth-order valence-electron chi connectivity index (χ4n) is 8.76. The highest BCUT2D eigenvalue weighted by molar-refractivity contribution is 6.26. The first kappa shape index (κ1) is 30.6. The topological polar surface area (TPSA) is 43.9 Å². The van der Waals surface area contributed by atoms with Gasteiger partial charge in [-0.05, 0) is 75.3 Å². The summed E-state index contributed by atoms with van der Waals surface area (Å²) in [5, 5.41) is 9.00. The SMILES string of the molecule is Cc1ccccc1-c1c(C)c2ccccc2c2c3ccccc3n(-c3nc(-c4ccc(-c5ccccc5)c5ccccc45)c4c(n3)oc3ccccc34)c12. The number of fused-ring (bicyclic) bond motifs is 9. The largest absolute Gasteiger partial charge is 0.437 e. The van der Waals surface area contributed by atoms with Gasteiger partial charge in [0.15, 0.2) is 0 Å². The zero-order valence-corrected chi connectivity index (χ0v) is 29.8. The lowest BCUT2D eigenvalue weighted by Gasteiger charge is -2.18. The van der Waals surface area contributed by atoms with Crippen LogP contribution >= 0.6 is 0 Å². The summed E-state index contributed by atoms with van der Waals surface area (Å²) in [6, 6.07) is 58.0. The molecule has 0 aliphatic heterocycles. The molecule has 0 fully saturated rings. The number of hydrogen-bond donors (Lipinski definition) is 0. The summed E-state index contributed by atoms with van der Waals surface area (Å²) in [5.41, 5.74) is 12.6. The summed E-state index contributed by atoms with van der Waals surface area (Å²) in [4.78, 5) is 11.0.